The Morgan fingerprint density at radius 3 is 2.75 bits per heavy atom. The van der Waals surface area contributed by atoms with E-state index in [1.54, 1.807) is 0 Å². The van der Waals surface area contributed by atoms with Crippen molar-refractivity contribution in [1.29, 1.82) is 0 Å². The number of carbonyl (C=O) groups excluding carboxylic acids is 2. The van der Waals surface area contributed by atoms with Crippen LogP contribution >= 0.6 is 11.8 Å². The van der Waals surface area contributed by atoms with Gasteiger partial charge in [0.2, 0.25) is 5.91 Å². The van der Waals surface area contributed by atoms with Gasteiger partial charge in [-0.2, -0.15) is 11.8 Å². The molecule has 0 heterocycles. The number of nitrogens with one attached hydrogen (secondary N) is 2. The maximum absolute atomic E-state index is 11.2. The van der Waals surface area contributed by atoms with Crippen LogP contribution in [-0.4, -0.2) is 49.7 Å². The molecule has 0 aliphatic carbocycles. The zero-order valence-corrected chi connectivity index (χ0v) is 10.4. The van der Waals surface area contributed by atoms with Crippen molar-refractivity contribution in [2.75, 3.05) is 31.8 Å². The lowest BCUT2D eigenvalue weighted by atomic mass is 10.4. The van der Waals surface area contributed by atoms with Crippen molar-refractivity contribution in [2.24, 2.45) is 5.73 Å². The van der Waals surface area contributed by atoms with Gasteiger partial charge in [0, 0.05) is 25.4 Å². The number of thioether (sulfide) groups is 1. The second kappa shape index (κ2) is 9.44. The molecule has 0 saturated carbocycles. The highest BCUT2D eigenvalue weighted by atomic mass is 32.2. The SMILES string of the molecule is COCCNC(=O)NC(=O)CSCC(C)N. The van der Waals surface area contributed by atoms with Crippen LogP contribution in [0.1, 0.15) is 6.92 Å². The lowest BCUT2D eigenvalue weighted by molar-refractivity contribution is -0.117. The summed E-state index contributed by atoms with van der Waals surface area (Å²) in [6.07, 6.45) is 0. The second-order valence-electron chi connectivity index (χ2n) is 3.29. The van der Waals surface area contributed by atoms with E-state index < -0.39 is 6.03 Å². The fraction of sp³-hybridized carbons (Fsp3) is 0.778. The molecule has 6 nitrogen and oxygen atoms in total. The molecule has 0 aliphatic heterocycles. The molecule has 1 unspecified atom stereocenters. The van der Waals surface area contributed by atoms with E-state index in [1.165, 1.54) is 18.9 Å². The van der Waals surface area contributed by atoms with Gasteiger partial charge in [0.15, 0.2) is 0 Å². The minimum Gasteiger partial charge on any atom is -0.383 e. The van der Waals surface area contributed by atoms with Gasteiger partial charge in [-0.25, -0.2) is 4.79 Å². The number of imide groups is 1. The van der Waals surface area contributed by atoms with Gasteiger partial charge in [0.1, 0.15) is 0 Å². The first-order chi connectivity index (χ1) is 7.56. The van der Waals surface area contributed by atoms with Crippen molar-refractivity contribution in [3.05, 3.63) is 0 Å². The maximum Gasteiger partial charge on any atom is 0.321 e. The van der Waals surface area contributed by atoms with Crippen LogP contribution in [0.15, 0.2) is 0 Å². The molecule has 0 fully saturated rings. The molecule has 0 aromatic rings. The molecule has 0 rings (SSSR count). The van der Waals surface area contributed by atoms with Gasteiger partial charge >= 0.3 is 6.03 Å². The topological polar surface area (TPSA) is 93.5 Å². The zero-order chi connectivity index (χ0) is 12.4. The number of hydrogen-bond donors (Lipinski definition) is 3. The summed E-state index contributed by atoms with van der Waals surface area (Å²) in [4.78, 5) is 22.3. The minimum absolute atomic E-state index is 0.0494. The van der Waals surface area contributed by atoms with Crippen LogP contribution in [0.2, 0.25) is 0 Å². The van der Waals surface area contributed by atoms with Crippen molar-refractivity contribution in [1.82, 2.24) is 10.6 Å². The van der Waals surface area contributed by atoms with Crippen molar-refractivity contribution in [3.8, 4) is 0 Å². The standard InChI is InChI=1S/C9H19N3O3S/c1-7(10)5-16-6-8(13)12-9(14)11-3-4-15-2/h7H,3-6,10H2,1-2H3,(H2,11,12,13,14). The van der Waals surface area contributed by atoms with Gasteiger partial charge in [-0.15, -0.1) is 0 Å². The summed E-state index contributed by atoms with van der Waals surface area (Å²) in [6, 6.07) is -0.447. The van der Waals surface area contributed by atoms with Gasteiger partial charge in [0.25, 0.3) is 0 Å². The molecular formula is C9H19N3O3S. The first-order valence-corrected chi connectivity index (χ1v) is 6.11. The number of carbonyl (C=O) groups is 2. The summed E-state index contributed by atoms with van der Waals surface area (Å²) in [7, 11) is 1.54. The molecule has 16 heavy (non-hydrogen) atoms. The molecular weight excluding hydrogens is 230 g/mol. The fourth-order valence-electron chi connectivity index (χ4n) is 0.811. The Labute approximate surface area is 99.7 Å². The smallest absolute Gasteiger partial charge is 0.321 e. The molecule has 3 amide bonds. The summed E-state index contributed by atoms with van der Waals surface area (Å²) >= 11 is 1.40. The number of urea groups is 1. The van der Waals surface area contributed by atoms with Crippen LogP contribution in [0, 0.1) is 0 Å². The fourth-order valence-corrected chi connectivity index (χ4v) is 1.56. The lowest BCUT2D eigenvalue weighted by Crippen LogP contribution is -2.41. The van der Waals surface area contributed by atoms with E-state index in [0.29, 0.717) is 18.9 Å². The van der Waals surface area contributed by atoms with E-state index in [1.807, 2.05) is 6.92 Å². The first kappa shape index (κ1) is 15.2. The molecule has 0 aliphatic rings. The average Bonchev–Trinajstić information content (AvgIpc) is 2.17. The molecule has 94 valence electrons. The Kier molecular flexibility index (Phi) is 8.97. The molecule has 0 aromatic heterocycles. The molecule has 7 heteroatoms. The Morgan fingerprint density at radius 2 is 2.19 bits per heavy atom. The van der Waals surface area contributed by atoms with Crippen LogP contribution in [-0.2, 0) is 9.53 Å². The molecule has 1 atom stereocenters. The number of rotatable bonds is 7. The van der Waals surface area contributed by atoms with E-state index in [4.69, 9.17) is 10.5 Å². The Morgan fingerprint density at radius 1 is 1.50 bits per heavy atom. The van der Waals surface area contributed by atoms with Crippen LogP contribution in [0.4, 0.5) is 4.79 Å². The first-order valence-electron chi connectivity index (χ1n) is 4.96. The monoisotopic (exact) mass is 249 g/mol. The third-order valence-electron chi connectivity index (χ3n) is 1.46. The highest BCUT2D eigenvalue weighted by Crippen LogP contribution is 2.00. The minimum atomic E-state index is -0.497. The van der Waals surface area contributed by atoms with Gasteiger partial charge in [-0.1, -0.05) is 0 Å². The third-order valence-corrected chi connectivity index (χ3v) is 2.69. The second-order valence-corrected chi connectivity index (χ2v) is 4.32. The maximum atomic E-state index is 11.2. The Hall–Kier alpha value is -0.790. The van der Waals surface area contributed by atoms with E-state index >= 15 is 0 Å². The van der Waals surface area contributed by atoms with E-state index in [2.05, 4.69) is 10.6 Å². The van der Waals surface area contributed by atoms with E-state index in [-0.39, 0.29) is 17.7 Å². The summed E-state index contributed by atoms with van der Waals surface area (Å²) in [6.45, 7) is 2.66. The van der Waals surface area contributed by atoms with Gasteiger partial charge in [-0.3, -0.25) is 10.1 Å². The normalized spacial score (nSPS) is 11.9. The van der Waals surface area contributed by atoms with Crippen LogP contribution < -0.4 is 16.4 Å². The highest BCUT2D eigenvalue weighted by molar-refractivity contribution is 8.00. The predicted molar refractivity (Wildman–Crippen MR) is 64.4 cm³/mol. The number of methoxy groups -OCH3 is 1. The summed E-state index contributed by atoms with van der Waals surface area (Å²) in [5, 5.41) is 4.69. The summed E-state index contributed by atoms with van der Waals surface area (Å²) in [5.41, 5.74) is 5.52. The summed E-state index contributed by atoms with van der Waals surface area (Å²) < 4.78 is 4.74. The van der Waals surface area contributed by atoms with Crippen LogP contribution in [0.5, 0.6) is 0 Å². The lowest BCUT2D eigenvalue weighted by Gasteiger charge is -2.07. The number of nitrogens with two attached hydrogens (primary N) is 1. The quantitative estimate of drug-likeness (QED) is 0.531. The molecule has 0 bridgehead atoms. The van der Waals surface area contributed by atoms with E-state index in [9.17, 15) is 9.59 Å². The van der Waals surface area contributed by atoms with E-state index in [0.717, 1.165) is 0 Å². The molecule has 0 saturated heterocycles. The van der Waals surface area contributed by atoms with Gasteiger partial charge in [0.05, 0.1) is 12.4 Å². The predicted octanol–water partition coefficient (Wildman–Crippen LogP) is -0.461. The zero-order valence-electron chi connectivity index (χ0n) is 9.62. The molecule has 4 N–H and O–H groups in total. The van der Waals surface area contributed by atoms with Crippen molar-refractivity contribution in [3.63, 3.8) is 0 Å². The number of amides is 3. The van der Waals surface area contributed by atoms with Crippen molar-refractivity contribution in [2.45, 2.75) is 13.0 Å². The third kappa shape index (κ3) is 9.75. The van der Waals surface area contributed by atoms with Crippen molar-refractivity contribution >= 4 is 23.7 Å². The van der Waals surface area contributed by atoms with Gasteiger partial charge in [-0.05, 0) is 6.92 Å². The summed E-state index contributed by atoms with van der Waals surface area (Å²) in [5.74, 6) is 0.610. The molecule has 0 aromatic carbocycles. The average molecular weight is 249 g/mol. The molecule has 0 radical (unpaired) electrons. The number of hydrogen-bond acceptors (Lipinski definition) is 5. The molecule has 0 spiro atoms. The van der Waals surface area contributed by atoms with Crippen LogP contribution in [0.3, 0.4) is 0 Å². The van der Waals surface area contributed by atoms with Crippen molar-refractivity contribution < 1.29 is 14.3 Å². The van der Waals surface area contributed by atoms with Gasteiger partial charge < -0.3 is 15.8 Å². The highest BCUT2D eigenvalue weighted by Gasteiger charge is 2.07. The Balaban J connectivity index is 3.50. The number of ether oxygens (including phenoxy) is 1. The largest absolute Gasteiger partial charge is 0.383 e. The Bertz CT molecular complexity index is 224. The van der Waals surface area contributed by atoms with Crippen LogP contribution in [0.25, 0.3) is 0 Å².